The molecule has 0 aliphatic rings. The first-order valence-electron chi connectivity index (χ1n) is 4.11. The van der Waals surface area contributed by atoms with Crippen molar-refractivity contribution in [2.24, 2.45) is 0 Å². The highest BCUT2D eigenvalue weighted by atomic mass is 79.9. The van der Waals surface area contributed by atoms with Crippen LogP contribution in [0.5, 0.6) is 11.5 Å². The molecule has 1 N–H and O–H groups in total. The average Bonchev–Trinajstić information content (AvgIpc) is 2.22. The minimum Gasteiger partial charge on any atom is -0.504 e. The topological polar surface area (TPSA) is 46.5 Å². The minimum absolute atomic E-state index is 0.158. The molecule has 1 aromatic carbocycles. The van der Waals surface area contributed by atoms with Crippen molar-refractivity contribution in [3.8, 4) is 11.5 Å². The first-order valence-corrected chi connectivity index (χ1v) is 4.91. The van der Waals surface area contributed by atoms with E-state index in [0.29, 0.717) is 12.2 Å². The summed E-state index contributed by atoms with van der Waals surface area (Å²) in [5.74, 6) is 0.639. The van der Waals surface area contributed by atoms with E-state index in [1.807, 2.05) is 6.92 Å². The zero-order valence-electron chi connectivity index (χ0n) is 8.16. The van der Waals surface area contributed by atoms with Gasteiger partial charge in [-0.3, -0.25) is 0 Å². The number of benzene rings is 1. The second kappa shape index (κ2) is 7.38. The number of ether oxygens (including phenoxy) is 1. The number of hydrogen-bond donors (Lipinski definition) is 1. The Hall–Kier alpha value is -1.03. The summed E-state index contributed by atoms with van der Waals surface area (Å²) >= 11 is 3.25. The maximum Gasteiger partial charge on any atom is 0.161 e. The van der Waals surface area contributed by atoms with Crippen LogP contribution in [-0.4, -0.2) is 18.5 Å². The first-order chi connectivity index (χ1) is 6.65. The Bertz CT molecular complexity index is 287. The average molecular weight is 261 g/mol. The van der Waals surface area contributed by atoms with E-state index in [1.165, 1.54) is 7.11 Å². The molecular formula is C10H13BrO3. The number of phenolic OH excluding ortho intramolecular Hbond substituents is 1. The summed E-state index contributed by atoms with van der Waals surface area (Å²) in [5.41, 5.74) is 0. The molecule has 0 unspecified atom stereocenters. The number of methoxy groups -OCH3 is 1. The first kappa shape index (κ1) is 13.0. The van der Waals surface area contributed by atoms with Gasteiger partial charge in [0.2, 0.25) is 0 Å². The summed E-state index contributed by atoms with van der Waals surface area (Å²) < 4.78 is 5.74. The van der Waals surface area contributed by atoms with Gasteiger partial charge in [0.05, 0.1) is 7.11 Å². The smallest absolute Gasteiger partial charge is 0.161 e. The molecule has 0 saturated carbocycles. The number of carbonyl (C=O) groups excluding carboxylic acids is 1. The van der Waals surface area contributed by atoms with Crippen LogP contribution in [0.25, 0.3) is 0 Å². The monoisotopic (exact) mass is 260 g/mol. The van der Waals surface area contributed by atoms with E-state index < -0.39 is 0 Å². The van der Waals surface area contributed by atoms with Crippen molar-refractivity contribution in [1.82, 2.24) is 0 Å². The molecule has 0 bridgehead atoms. The molecule has 0 heterocycles. The van der Waals surface area contributed by atoms with Crippen LogP contribution in [0.4, 0.5) is 0 Å². The van der Waals surface area contributed by atoms with E-state index in [-0.39, 0.29) is 5.75 Å². The van der Waals surface area contributed by atoms with E-state index in [9.17, 15) is 4.79 Å². The van der Waals surface area contributed by atoms with E-state index in [1.54, 1.807) is 18.2 Å². The van der Waals surface area contributed by atoms with Crippen molar-refractivity contribution < 1.29 is 14.6 Å². The Labute approximate surface area is 91.8 Å². The lowest BCUT2D eigenvalue weighted by atomic mass is 10.3. The molecule has 1 aromatic rings. The number of rotatable bonds is 2. The van der Waals surface area contributed by atoms with Gasteiger partial charge in [0.25, 0.3) is 0 Å². The van der Waals surface area contributed by atoms with Crippen LogP contribution in [0.2, 0.25) is 0 Å². The fourth-order valence-corrected chi connectivity index (χ4v) is 0.992. The van der Waals surface area contributed by atoms with Crippen molar-refractivity contribution in [3.05, 3.63) is 22.7 Å². The number of aldehydes is 1. The molecule has 0 aliphatic heterocycles. The number of carbonyl (C=O) groups is 1. The third-order valence-electron chi connectivity index (χ3n) is 1.31. The van der Waals surface area contributed by atoms with Gasteiger partial charge in [0.15, 0.2) is 11.5 Å². The Morgan fingerprint density at radius 2 is 2.14 bits per heavy atom. The van der Waals surface area contributed by atoms with Gasteiger partial charge in [0.1, 0.15) is 6.29 Å². The third-order valence-corrected chi connectivity index (χ3v) is 1.80. The van der Waals surface area contributed by atoms with Crippen molar-refractivity contribution in [2.45, 2.75) is 13.3 Å². The minimum atomic E-state index is 0.158. The molecule has 78 valence electrons. The van der Waals surface area contributed by atoms with E-state index in [2.05, 4.69) is 15.9 Å². The zero-order valence-corrected chi connectivity index (χ0v) is 9.74. The second-order valence-corrected chi connectivity index (χ2v) is 3.31. The Kier molecular flexibility index (Phi) is 6.84. The third kappa shape index (κ3) is 4.87. The molecule has 0 amide bonds. The second-order valence-electron chi connectivity index (χ2n) is 2.39. The predicted molar refractivity (Wildman–Crippen MR) is 58.7 cm³/mol. The van der Waals surface area contributed by atoms with Crippen LogP contribution in [0.1, 0.15) is 13.3 Å². The molecule has 0 aliphatic carbocycles. The Morgan fingerprint density at radius 1 is 1.57 bits per heavy atom. The maximum absolute atomic E-state index is 9.17. The van der Waals surface area contributed by atoms with Crippen LogP contribution in [0.15, 0.2) is 22.7 Å². The van der Waals surface area contributed by atoms with Gasteiger partial charge in [-0.1, -0.05) is 22.9 Å². The molecule has 3 nitrogen and oxygen atoms in total. The highest BCUT2D eigenvalue weighted by molar-refractivity contribution is 9.10. The van der Waals surface area contributed by atoms with Crippen molar-refractivity contribution in [3.63, 3.8) is 0 Å². The molecule has 0 spiro atoms. The zero-order chi connectivity index (χ0) is 11.0. The summed E-state index contributed by atoms with van der Waals surface area (Å²) in [4.78, 5) is 9.17. The Balaban J connectivity index is 0.000000364. The fraction of sp³-hybridized carbons (Fsp3) is 0.300. The van der Waals surface area contributed by atoms with Crippen LogP contribution in [0.3, 0.4) is 0 Å². The van der Waals surface area contributed by atoms with Crippen LogP contribution in [-0.2, 0) is 4.79 Å². The maximum atomic E-state index is 9.17. The van der Waals surface area contributed by atoms with Gasteiger partial charge in [0, 0.05) is 10.9 Å². The Morgan fingerprint density at radius 3 is 2.50 bits per heavy atom. The van der Waals surface area contributed by atoms with Gasteiger partial charge < -0.3 is 14.6 Å². The van der Waals surface area contributed by atoms with Gasteiger partial charge in [-0.2, -0.15) is 0 Å². The molecule has 0 fully saturated rings. The molecule has 0 radical (unpaired) electrons. The fourth-order valence-electron chi connectivity index (χ4n) is 0.651. The lowest BCUT2D eigenvalue weighted by Crippen LogP contribution is -1.82. The lowest BCUT2D eigenvalue weighted by Gasteiger charge is -2.01. The van der Waals surface area contributed by atoms with Crippen molar-refractivity contribution in [1.29, 1.82) is 0 Å². The van der Waals surface area contributed by atoms with Gasteiger partial charge in [-0.15, -0.1) is 0 Å². The van der Waals surface area contributed by atoms with E-state index in [4.69, 9.17) is 9.84 Å². The quantitative estimate of drug-likeness (QED) is 0.832. The number of phenols is 1. The highest BCUT2D eigenvalue weighted by Gasteiger charge is 1.98. The SMILES string of the molecule is CCC=O.COc1cc(Br)ccc1O. The molecule has 14 heavy (non-hydrogen) atoms. The van der Waals surface area contributed by atoms with Crippen LogP contribution < -0.4 is 4.74 Å². The summed E-state index contributed by atoms with van der Waals surface area (Å²) in [7, 11) is 1.52. The standard InChI is InChI=1S/C7H7BrO2.C3H6O/c1-10-7-4-5(8)2-3-6(7)9;1-2-3-4/h2-4,9H,1H3;3H,2H2,1H3. The van der Waals surface area contributed by atoms with Crippen LogP contribution >= 0.6 is 15.9 Å². The molecular weight excluding hydrogens is 248 g/mol. The molecule has 0 aromatic heterocycles. The summed E-state index contributed by atoms with van der Waals surface area (Å²) in [6.45, 7) is 1.81. The summed E-state index contributed by atoms with van der Waals surface area (Å²) in [5, 5.41) is 9.09. The lowest BCUT2D eigenvalue weighted by molar-refractivity contribution is -0.107. The number of halogens is 1. The summed E-state index contributed by atoms with van der Waals surface area (Å²) in [6, 6.07) is 5.02. The molecule has 0 saturated heterocycles. The van der Waals surface area contributed by atoms with Crippen molar-refractivity contribution >= 4 is 22.2 Å². The van der Waals surface area contributed by atoms with Crippen molar-refractivity contribution in [2.75, 3.05) is 7.11 Å². The number of aromatic hydroxyl groups is 1. The molecule has 1 rings (SSSR count). The summed E-state index contributed by atoms with van der Waals surface area (Å²) in [6.07, 6.45) is 1.51. The van der Waals surface area contributed by atoms with E-state index >= 15 is 0 Å². The normalized spacial score (nSPS) is 8.50. The molecule has 4 heteroatoms. The largest absolute Gasteiger partial charge is 0.504 e. The van der Waals surface area contributed by atoms with E-state index in [0.717, 1.165) is 10.8 Å². The van der Waals surface area contributed by atoms with Crippen LogP contribution in [0, 0.1) is 0 Å². The highest BCUT2D eigenvalue weighted by Crippen LogP contribution is 2.28. The van der Waals surface area contributed by atoms with Gasteiger partial charge in [-0.05, 0) is 18.2 Å². The predicted octanol–water partition coefficient (Wildman–Crippen LogP) is 2.76. The van der Waals surface area contributed by atoms with Gasteiger partial charge in [-0.25, -0.2) is 0 Å². The number of hydrogen-bond acceptors (Lipinski definition) is 3. The van der Waals surface area contributed by atoms with Gasteiger partial charge >= 0.3 is 0 Å². The molecule has 0 atom stereocenters.